The van der Waals surface area contributed by atoms with Gasteiger partial charge < -0.3 is 25.5 Å². The zero-order valence-corrected chi connectivity index (χ0v) is 16.8. The van der Waals surface area contributed by atoms with Crippen LogP contribution < -0.4 is 16.2 Å². The molecule has 11 nitrogen and oxygen atoms in total. The average molecular weight is 413 g/mol. The predicted molar refractivity (Wildman–Crippen MR) is 108 cm³/mol. The van der Waals surface area contributed by atoms with Crippen molar-refractivity contribution in [3.63, 3.8) is 0 Å². The maximum atomic E-state index is 11.4. The number of carbonyl (C=O) groups excluding carboxylic acids is 1. The summed E-state index contributed by atoms with van der Waals surface area (Å²) in [5.74, 6) is -0.371. The Morgan fingerprint density at radius 1 is 1.20 bits per heavy atom. The van der Waals surface area contributed by atoms with Gasteiger partial charge in [-0.15, -0.1) is 4.99 Å². The Morgan fingerprint density at radius 3 is 2.57 bits per heavy atom. The van der Waals surface area contributed by atoms with Crippen LogP contribution in [0.15, 0.2) is 52.4 Å². The molecule has 0 fully saturated rings. The van der Waals surface area contributed by atoms with Crippen molar-refractivity contribution in [2.75, 3.05) is 0 Å². The fourth-order valence-electron chi connectivity index (χ4n) is 2.15. The van der Waals surface area contributed by atoms with Gasteiger partial charge >= 0.3 is 12.1 Å². The molecule has 0 spiro atoms. The second kappa shape index (κ2) is 11.1. The van der Waals surface area contributed by atoms with E-state index in [0.29, 0.717) is 22.6 Å². The highest BCUT2D eigenvalue weighted by Crippen LogP contribution is 2.20. The largest absolute Gasteiger partial charge is 0.454 e. The highest BCUT2D eigenvalue weighted by atomic mass is 16.5. The Bertz CT molecular complexity index is 955. The molecule has 3 rings (SSSR count). The Hall–Kier alpha value is -4.02. The number of pyridine rings is 1. The van der Waals surface area contributed by atoms with Crippen LogP contribution in [0.4, 0.5) is 4.79 Å². The third-order valence-corrected chi connectivity index (χ3v) is 3.45. The van der Waals surface area contributed by atoms with E-state index in [9.17, 15) is 4.79 Å². The first-order valence-corrected chi connectivity index (χ1v) is 9.13. The maximum Gasteiger partial charge on any atom is 0.437 e. The van der Waals surface area contributed by atoms with Crippen LogP contribution in [-0.4, -0.2) is 32.2 Å². The highest BCUT2D eigenvalue weighted by Gasteiger charge is 2.12. The van der Waals surface area contributed by atoms with E-state index in [2.05, 4.69) is 25.1 Å². The van der Waals surface area contributed by atoms with Crippen LogP contribution in [-0.2, 0) is 11.3 Å². The van der Waals surface area contributed by atoms with Gasteiger partial charge in [0.2, 0.25) is 0 Å². The Morgan fingerprint density at radius 2 is 1.93 bits per heavy atom. The number of aliphatic imine (C=N–C) groups is 1. The Kier molecular flexibility index (Phi) is 8.24. The number of hydrogen-bond donors (Lipinski definition) is 2. The molecule has 3 heterocycles. The molecule has 158 valence electrons. The first-order chi connectivity index (χ1) is 14.5. The van der Waals surface area contributed by atoms with E-state index >= 15 is 0 Å². The molecule has 0 aromatic carbocycles. The maximum absolute atomic E-state index is 11.4. The SMILES string of the molecule is CC.CC(Oc1ncc(-c2cccc(COC(=O)N=C(N)N)n2)cn1)c1ccon1. The van der Waals surface area contributed by atoms with Crippen LogP contribution >= 0.6 is 0 Å². The lowest BCUT2D eigenvalue weighted by Crippen LogP contribution is -2.24. The number of nitrogens with zero attached hydrogens (tertiary/aromatic N) is 5. The molecule has 0 bridgehead atoms. The zero-order chi connectivity index (χ0) is 21.9. The molecule has 11 heteroatoms. The quantitative estimate of drug-likeness (QED) is 0.453. The summed E-state index contributed by atoms with van der Waals surface area (Å²) in [6.45, 7) is 5.73. The van der Waals surface area contributed by atoms with Crippen molar-refractivity contribution in [1.29, 1.82) is 0 Å². The summed E-state index contributed by atoms with van der Waals surface area (Å²) < 4.78 is 15.3. The second-order valence-corrected chi connectivity index (χ2v) is 5.54. The van der Waals surface area contributed by atoms with Crippen molar-refractivity contribution >= 4 is 12.1 Å². The van der Waals surface area contributed by atoms with Crippen LogP contribution in [0.5, 0.6) is 6.01 Å². The molecular weight excluding hydrogens is 390 g/mol. The molecule has 0 aliphatic rings. The molecule has 1 amide bonds. The minimum atomic E-state index is -0.890. The lowest BCUT2D eigenvalue weighted by atomic mass is 10.2. The molecule has 0 saturated carbocycles. The van der Waals surface area contributed by atoms with E-state index in [1.54, 1.807) is 36.7 Å². The molecule has 4 N–H and O–H groups in total. The Labute approximate surface area is 173 Å². The number of amides is 1. The lowest BCUT2D eigenvalue weighted by Gasteiger charge is -2.10. The van der Waals surface area contributed by atoms with Crippen LogP contribution in [0.25, 0.3) is 11.3 Å². The van der Waals surface area contributed by atoms with Crippen LogP contribution in [0.3, 0.4) is 0 Å². The van der Waals surface area contributed by atoms with E-state index in [1.807, 2.05) is 20.8 Å². The summed E-state index contributed by atoms with van der Waals surface area (Å²) in [5.41, 5.74) is 12.6. The summed E-state index contributed by atoms with van der Waals surface area (Å²) in [6, 6.07) is 7.14. The van der Waals surface area contributed by atoms with Gasteiger partial charge in [-0.05, 0) is 19.1 Å². The second-order valence-electron chi connectivity index (χ2n) is 5.54. The van der Waals surface area contributed by atoms with E-state index in [1.165, 1.54) is 6.26 Å². The van der Waals surface area contributed by atoms with Gasteiger partial charge in [0.15, 0.2) is 5.96 Å². The van der Waals surface area contributed by atoms with Crippen molar-refractivity contribution in [1.82, 2.24) is 20.1 Å². The summed E-state index contributed by atoms with van der Waals surface area (Å²) in [4.78, 5) is 27.4. The van der Waals surface area contributed by atoms with E-state index in [-0.39, 0.29) is 24.7 Å². The van der Waals surface area contributed by atoms with Gasteiger partial charge in [0, 0.05) is 24.0 Å². The first-order valence-electron chi connectivity index (χ1n) is 9.13. The molecule has 30 heavy (non-hydrogen) atoms. The topological polar surface area (TPSA) is 165 Å². The third-order valence-electron chi connectivity index (χ3n) is 3.45. The summed E-state index contributed by atoms with van der Waals surface area (Å²) in [6.07, 6.45) is 3.38. The predicted octanol–water partition coefficient (Wildman–Crippen LogP) is 2.60. The minimum absolute atomic E-state index is 0.0826. The van der Waals surface area contributed by atoms with Gasteiger partial charge in [-0.2, -0.15) is 0 Å². The Balaban J connectivity index is 0.00000155. The van der Waals surface area contributed by atoms with Crippen molar-refractivity contribution in [3.8, 4) is 17.3 Å². The average Bonchev–Trinajstić information content (AvgIpc) is 3.29. The third kappa shape index (κ3) is 6.55. The monoisotopic (exact) mass is 413 g/mol. The minimum Gasteiger partial charge on any atom is -0.454 e. The number of nitrogens with two attached hydrogens (primary N) is 2. The molecule has 1 unspecified atom stereocenters. The summed E-state index contributed by atoms with van der Waals surface area (Å²) in [7, 11) is 0. The standard InChI is InChI=1S/C17H17N7O4.C2H6/c1-10(13-5-6-27-24-13)28-16-20-7-11(8-21-16)14-4-2-3-12(22-14)9-26-17(25)23-15(18)19;1-2/h2-8,10H,9H2,1H3,(H4,18,19,23,25);1-2H3. The van der Waals surface area contributed by atoms with E-state index < -0.39 is 6.09 Å². The van der Waals surface area contributed by atoms with Gasteiger partial charge in [0.1, 0.15) is 24.7 Å². The molecule has 3 aromatic heterocycles. The number of carbonyl (C=O) groups is 1. The van der Waals surface area contributed by atoms with Gasteiger partial charge in [-0.25, -0.2) is 19.7 Å². The summed E-state index contributed by atoms with van der Waals surface area (Å²) >= 11 is 0. The zero-order valence-electron chi connectivity index (χ0n) is 16.8. The smallest absolute Gasteiger partial charge is 0.437 e. The van der Waals surface area contributed by atoms with Gasteiger partial charge in [-0.3, -0.25) is 0 Å². The number of ether oxygens (including phenoxy) is 2. The number of rotatable bonds is 6. The molecule has 0 radical (unpaired) electrons. The molecule has 0 aliphatic carbocycles. The van der Waals surface area contributed by atoms with Gasteiger partial charge in [-0.1, -0.05) is 25.1 Å². The fourth-order valence-corrected chi connectivity index (χ4v) is 2.15. The lowest BCUT2D eigenvalue weighted by molar-refractivity contribution is 0.149. The summed E-state index contributed by atoms with van der Waals surface area (Å²) in [5, 5.41) is 3.81. The van der Waals surface area contributed by atoms with Crippen LogP contribution in [0.1, 0.15) is 38.3 Å². The van der Waals surface area contributed by atoms with Crippen molar-refractivity contribution in [2.45, 2.75) is 33.5 Å². The first kappa shape index (κ1) is 22.3. The molecule has 3 aromatic rings. The number of guanidine groups is 1. The molecule has 0 saturated heterocycles. The van der Waals surface area contributed by atoms with Crippen molar-refractivity contribution in [3.05, 3.63) is 54.3 Å². The normalized spacial score (nSPS) is 10.9. The van der Waals surface area contributed by atoms with Crippen molar-refractivity contribution in [2.24, 2.45) is 16.5 Å². The van der Waals surface area contributed by atoms with Crippen LogP contribution in [0.2, 0.25) is 0 Å². The molecule has 1 atom stereocenters. The van der Waals surface area contributed by atoms with E-state index in [4.69, 9.17) is 25.5 Å². The highest BCUT2D eigenvalue weighted by molar-refractivity contribution is 5.87. The van der Waals surface area contributed by atoms with Crippen LogP contribution in [0, 0.1) is 0 Å². The van der Waals surface area contributed by atoms with Gasteiger partial charge in [0.25, 0.3) is 0 Å². The fraction of sp³-hybridized carbons (Fsp3) is 0.263. The van der Waals surface area contributed by atoms with Gasteiger partial charge in [0.05, 0.1) is 11.4 Å². The van der Waals surface area contributed by atoms with E-state index in [0.717, 1.165) is 0 Å². The number of aromatic nitrogens is 4. The molecular formula is C19H23N7O4. The number of hydrogen-bond acceptors (Lipinski definition) is 8. The molecule has 0 aliphatic heterocycles. The van der Waals surface area contributed by atoms with Crippen molar-refractivity contribution < 1.29 is 18.8 Å².